The van der Waals surface area contributed by atoms with Crippen molar-refractivity contribution in [3.05, 3.63) is 23.8 Å². The largest absolute Gasteiger partial charge is 0.480 e. The van der Waals surface area contributed by atoms with Gasteiger partial charge in [0.05, 0.1) is 24.1 Å². The molecule has 2 amide bonds. The van der Waals surface area contributed by atoms with Crippen molar-refractivity contribution >= 4 is 34.8 Å². The van der Waals surface area contributed by atoms with Gasteiger partial charge in [0.15, 0.2) is 0 Å². The lowest BCUT2D eigenvalue weighted by Crippen LogP contribution is -2.54. The van der Waals surface area contributed by atoms with Crippen LogP contribution in [0.5, 0.6) is 5.88 Å². The molecule has 1 aromatic carbocycles. The number of carbonyl (C=O) groups is 3. The predicted molar refractivity (Wildman–Crippen MR) is 137 cm³/mol. The van der Waals surface area contributed by atoms with Crippen LogP contribution in [0.1, 0.15) is 45.1 Å². The molecule has 4 rings (SSSR count). The van der Waals surface area contributed by atoms with Crippen molar-refractivity contribution in [1.29, 1.82) is 0 Å². The van der Waals surface area contributed by atoms with Gasteiger partial charge < -0.3 is 29.7 Å². The summed E-state index contributed by atoms with van der Waals surface area (Å²) in [5.41, 5.74) is 1.83. The lowest BCUT2D eigenvalue weighted by molar-refractivity contribution is -0.149. The second-order valence-electron chi connectivity index (χ2n) is 10.2. The highest BCUT2D eigenvalue weighted by Crippen LogP contribution is 2.31. The minimum absolute atomic E-state index is 0.0538. The maximum absolute atomic E-state index is 13.5. The monoisotopic (exact) mass is 513 g/mol. The summed E-state index contributed by atoms with van der Waals surface area (Å²) in [4.78, 5) is 50.3. The molecule has 11 nitrogen and oxygen atoms in total. The van der Waals surface area contributed by atoms with Gasteiger partial charge in [0.25, 0.3) is 0 Å². The van der Waals surface area contributed by atoms with Crippen molar-refractivity contribution in [2.24, 2.45) is 5.92 Å². The van der Waals surface area contributed by atoms with E-state index in [0.717, 1.165) is 35.7 Å². The first-order valence-corrected chi connectivity index (χ1v) is 12.7. The van der Waals surface area contributed by atoms with E-state index in [1.807, 2.05) is 32.3 Å². The fourth-order valence-corrected chi connectivity index (χ4v) is 4.73. The number of fused-ring (bicyclic) bond motifs is 3. The molecular formula is C26H35N5O6. The van der Waals surface area contributed by atoms with E-state index >= 15 is 0 Å². The van der Waals surface area contributed by atoms with E-state index in [1.54, 1.807) is 18.7 Å². The number of aryl methyl sites for hydroxylation is 1. The number of aliphatic carboxylic acids is 1. The van der Waals surface area contributed by atoms with Gasteiger partial charge in [-0.25, -0.2) is 14.6 Å². The van der Waals surface area contributed by atoms with E-state index in [-0.39, 0.29) is 25.5 Å². The normalized spacial score (nSPS) is 23.3. The van der Waals surface area contributed by atoms with E-state index in [9.17, 15) is 19.5 Å². The van der Waals surface area contributed by atoms with Crippen LogP contribution >= 0.6 is 0 Å². The third-order valence-corrected chi connectivity index (χ3v) is 6.77. The number of ether oxygens (including phenoxy) is 2. The fourth-order valence-electron chi connectivity index (χ4n) is 4.73. The molecule has 37 heavy (non-hydrogen) atoms. The summed E-state index contributed by atoms with van der Waals surface area (Å²) in [5, 5.41) is 13.3. The lowest BCUT2D eigenvalue weighted by Gasteiger charge is -2.29. The second kappa shape index (κ2) is 11.2. The van der Waals surface area contributed by atoms with Crippen LogP contribution in [-0.4, -0.2) is 83.4 Å². The standard InChI is InChI=1S/C26H35N5O6/c1-15(2)21-23(32)31-14-17(13-20(31)24(33)34)37-22-18-12-16(8-6-5-7-11-36-26(35)28-21)9-10-19(18)27-25(29-22)30(3)4/h9-10,12,15,17,20-21H,5-8,11,13-14H2,1-4H3,(H,28,35)(H,33,34)/t17-,20+,21+/m1/s1. The zero-order chi connectivity index (χ0) is 26.7. The zero-order valence-corrected chi connectivity index (χ0v) is 21.8. The van der Waals surface area contributed by atoms with Crippen LogP contribution in [0.3, 0.4) is 0 Å². The summed E-state index contributed by atoms with van der Waals surface area (Å²) < 4.78 is 11.6. The molecule has 3 atom stereocenters. The van der Waals surface area contributed by atoms with Crippen LogP contribution in [0.25, 0.3) is 10.9 Å². The molecule has 0 spiro atoms. The fraction of sp³-hybridized carbons (Fsp3) is 0.577. The summed E-state index contributed by atoms with van der Waals surface area (Å²) in [7, 11) is 3.67. The number of carboxylic acid groups (broad SMARTS) is 1. The number of alkyl carbamates (subject to hydrolysis) is 1. The van der Waals surface area contributed by atoms with Gasteiger partial charge in [-0.3, -0.25) is 4.79 Å². The highest BCUT2D eigenvalue weighted by Gasteiger charge is 2.44. The quantitative estimate of drug-likeness (QED) is 0.635. The molecule has 0 unspecified atom stereocenters. The van der Waals surface area contributed by atoms with Gasteiger partial charge in [-0.2, -0.15) is 4.98 Å². The number of anilines is 1. The van der Waals surface area contributed by atoms with Crippen molar-refractivity contribution in [2.75, 3.05) is 32.1 Å². The molecule has 2 aromatic rings. The molecule has 1 saturated heterocycles. The molecule has 1 aromatic heterocycles. The Bertz CT molecular complexity index is 1170. The Hall–Kier alpha value is -3.63. The number of hydrogen-bond donors (Lipinski definition) is 2. The number of amides is 2. The van der Waals surface area contributed by atoms with Crippen molar-refractivity contribution in [1.82, 2.24) is 20.2 Å². The summed E-state index contributed by atoms with van der Waals surface area (Å²) in [6.07, 6.45) is 2.12. The van der Waals surface area contributed by atoms with Gasteiger partial charge >= 0.3 is 12.1 Å². The molecule has 3 heterocycles. The predicted octanol–water partition coefficient (Wildman–Crippen LogP) is 2.61. The first-order valence-electron chi connectivity index (χ1n) is 12.7. The van der Waals surface area contributed by atoms with E-state index < -0.39 is 36.2 Å². The van der Waals surface area contributed by atoms with Crippen molar-refractivity contribution in [3.63, 3.8) is 0 Å². The molecule has 1 fully saturated rings. The van der Waals surface area contributed by atoms with Crippen LogP contribution in [0.4, 0.5) is 10.7 Å². The average molecular weight is 514 g/mol. The highest BCUT2D eigenvalue weighted by molar-refractivity contribution is 5.90. The van der Waals surface area contributed by atoms with Gasteiger partial charge in [0, 0.05) is 20.5 Å². The summed E-state index contributed by atoms with van der Waals surface area (Å²) in [6, 6.07) is 3.97. The number of benzene rings is 1. The number of carbonyl (C=O) groups excluding carboxylic acids is 2. The number of carboxylic acids is 1. The van der Waals surface area contributed by atoms with Crippen LogP contribution in [0.2, 0.25) is 0 Å². The molecule has 2 aliphatic heterocycles. The Morgan fingerprint density at radius 1 is 1.19 bits per heavy atom. The van der Waals surface area contributed by atoms with Crippen LogP contribution in [0.15, 0.2) is 18.2 Å². The van der Waals surface area contributed by atoms with E-state index in [0.29, 0.717) is 18.2 Å². The number of nitrogens with zero attached hydrogens (tertiary/aromatic N) is 4. The Balaban J connectivity index is 1.73. The Labute approximate surface area is 216 Å². The van der Waals surface area contributed by atoms with Crippen molar-refractivity contribution in [2.45, 2.75) is 64.1 Å². The number of rotatable bonds is 3. The Morgan fingerprint density at radius 2 is 1.97 bits per heavy atom. The maximum atomic E-state index is 13.5. The van der Waals surface area contributed by atoms with Crippen molar-refractivity contribution in [3.8, 4) is 5.88 Å². The van der Waals surface area contributed by atoms with Gasteiger partial charge in [-0.15, -0.1) is 0 Å². The first kappa shape index (κ1) is 26.4. The molecule has 0 radical (unpaired) electrons. The van der Waals surface area contributed by atoms with E-state index in [4.69, 9.17) is 9.47 Å². The minimum atomic E-state index is -1.13. The maximum Gasteiger partial charge on any atom is 0.407 e. The molecule has 0 aliphatic carbocycles. The number of nitrogens with one attached hydrogen (secondary N) is 1. The first-order chi connectivity index (χ1) is 17.6. The summed E-state index contributed by atoms with van der Waals surface area (Å²) in [6.45, 7) is 3.88. The second-order valence-corrected chi connectivity index (χ2v) is 10.2. The smallest absolute Gasteiger partial charge is 0.407 e. The van der Waals surface area contributed by atoms with Gasteiger partial charge in [-0.05, 0) is 49.3 Å². The Kier molecular flexibility index (Phi) is 7.99. The third kappa shape index (κ3) is 6.03. The molecule has 2 N–H and O–H groups in total. The highest BCUT2D eigenvalue weighted by atomic mass is 16.5. The van der Waals surface area contributed by atoms with Crippen LogP contribution in [0, 0.1) is 5.92 Å². The lowest BCUT2D eigenvalue weighted by atomic mass is 10.0. The van der Waals surface area contributed by atoms with E-state index in [2.05, 4.69) is 15.3 Å². The Morgan fingerprint density at radius 3 is 2.68 bits per heavy atom. The molecule has 2 aliphatic rings. The molecule has 11 heteroatoms. The topological polar surface area (TPSA) is 134 Å². The zero-order valence-electron chi connectivity index (χ0n) is 21.8. The molecular weight excluding hydrogens is 478 g/mol. The average Bonchev–Trinajstić information content (AvgIpc) is 3.27. The van der Waals surface area contributed by atoms with Gasteiger partial charge in [-0.1, -0.05) is 19.9 Å². The van der Waals surface area contributed by atoms with Gasteiger partial charge in [0.2, 0.25) is 17.7 Å². The van der Waals surface area contributed by atoms with Crippen molar-refractivity contribution < 1.29 is 29.0 Å². The molecule has 4 bridgehead atoms. The van der Waals surface area contributed by atoms with E-state index in [1.165, 1.54) is 4.90 Å². The molecule has 200 valence electrons. The van der Waals surface area contributed by atoms with Gasteiger partial charge in [0.1, 0.15) is 18.2 Å². The SMILES string of the molecule is CC(C)[C@@H]1NC(=O)OCCCCCc2ccc3nc(N(C)C)nc(c3c2)O[C@@H]2C[C@@H](C(=O)O)N(C2)C1=O. The third-order valence-electron chi connectivity index (χ3n) is 6.77. The number of aromatic nitrogens is 2. The number of hydrogen-bond acceptors (Lipinski definition) is 8. The summed E-state index contributed by atoms with van der Waals surface area (Å²) >= 11 is 0. The summed E-state index contributed by atoms with van der Waals surface area (Å²) in [5.74, 6) is -1.04. The van der Waals surface area contributed by atoms with Crippen LogP contribution < -0.4 is 15.0 Å². The minimum Gasteiger partial charge on any atom is -0.480 e. The molecule has 0 saturated carbocycles. The number of cyclic esters (lactones) is 1. The van der Waals surface area contributed by atoms with Crippen LogP contribution in [-0.2, 0) is 20.7 Å².